The van der Waals surface area contributed by atoms with Crippen molar-refractivity contribution in [2.24, 2.45) is 11.8 Å². The van der Waals surface area contributed by atoms with E-state index in [0.717, 1.165) is 17.9 Å². The van der Waals surface area contributed by atoms with Crippen molar-refractivity contribution in [2.75, 3.05) is 17.5 Å². The quantitative estimate of drug-likeness (QED) is 0.555. The van der Waals surface area contributed by atoms with Crippen molar-refractivity contribution >= 4 is 22.6 Å². The van der Waals surface area contributed by atoms with E-state index in [0.29, 0.717) is 0 Å². The van der Waals surface area contributed by atoms with Gasteiger partial charge in [0, 0.05) is 23.6 Å². The smallest absolute Gasteiger partial charge is 0.0123 e. The highest BCUT2D eigenvalue weighted by Gasteiger charge is 2.27. The van der Waals surface area contributed by atoms with Crippen molar-refractivity contribution in [2.45, 2.75) is 33.2 Å². The zero-order valence-corrected chi connectivity index (χ0v) is 10.5. The van der Waals surface area contributed by atoms with Crippen LogP contribution in [0.5, 0.6) is 0 Å². The lowest BCUT2D eigenvalue weighted by molar-refractivity contribution is 0.0870. The third-order valence-electron chi connectivity index (χ3n) is 3.09. The third kappa shape index (κ3) is 2.59. The molecule has 72 valence electrons. The molecule has 1 rings (SSSR count). The molecule has 1 heterocycles. The molecule has 3 atom stereocenters. The fourth-order valence-corrected chi connectivity index (χ4v) is 2.86. The van der Waals surface area contributed by atoms with E-state index in [4.69, 9.17) is 0 Å². The van der Waals surface area contributed by atoms with Gasteiger partial charge in [0.25, 0.3) is 0 Å². The largest absolute Gasteiger partial charge is 0.299 e. The van der Waals surface area contributed by atoms with Gasteiger partial charge in [-0.15, -0.1) is 0 Å². The number of nitrogens with zero attached hydrogens (tertiary/aromatic N) is 1. The van der Waals surface area contributed by atoms with Crippen LogP contribution >= 0.6 is 22.6 Å². The van der Waals surface area contributed by atoms with Crippen molar-refractivity contribution in [1.82, 2.24) is 4.90 Å². The van der Waals surface area contributed by atoms with E-state index in [-0.39, 0.29) is 0 Å². The molecule has 0 saturated carbocycles. The molecule has 0 spiro atoms. The van der Waals surface area contributed by atoms with Crippen LogP contribution in [0.25, 0.3) is 0 Å². The van der Waals surface area contributed by atoms with Gasteiger partial charge < -0.3 is 0 Å². The Labute approximate surface area is 90.0 Å². The van der Waals surface area contributed by atoms with E-state index in [1.165, 1.54) is 23.9 Å². The Morgan fingerprint density at radius 1 is 1.33 bits per heavy atom. The van der Waals surface area contributed by atoms with Gasteiger partial charge in [0.1, 0.15) is 0 Å². The SMILES string of the molecule is CC1CC(C)C(C)N(CCI)C1. The molecule has 0 N–H and O–H groups in total. The molecular weight excluding hydrogens is 261 g/mol. The number of piperidine rings is 1. The van der Waals surface area contributed by atoms with Crippen molar-refractivity contribution in [3.63, 3.8) is 0 Å². The highest BCUT2D eigenvalue weighted by Crippen LogP contribution is 2.26. The Hall–Kier alpha value is 0.690. The molecule has 1 nitrogen and oxygen atoms in total. The highest BCUT2D eigenvalue weighted by molar-refractivity contribution is 14.1. The lowest BCUT2D eigenvalue weighted by Crippen LogP contribution is -2.46. The van der Waals surface area contributed by atoms with Crippen LogP contribution in [-0.4, -0.2) is 28.5 Å². The van der Waals surface area contributed by atoms with Crippen LogP contribution in [0.1, 0.15) is 27.2 Å². The molecule has 1 saturated heterocycles. The maximum absolute atomic E-state index is 2.64. The first-order valence-corrected chi connectivity index (χ1v) is 6.47. The van der Waals surface area contributed by atoms with Crippen molar-refractivity contribution in [1.29, 1.82) is 0 Å². The highest BCUT2D eigenvalue weighted by atomic mass is 127. The maximum Gasteiger partial charge on any atom is 0.0123 e. The molecule has 0 bridgehead atoms. The fourth-order valence-electron chi connectivity index (χ4n) is 2.24. The van der Waals surface area contributed by atoms with Crippen LogP contribution in [0.2, 0.25) is 0 Å². The molecule has 0 aromatic carbocycles. The number of rotatable bonds is 2. The van der Waals surface area contributed by atoms with Gasteiger partial charge in [-0.3, -0.25) is 4.90 Å². The third-order valence-corrected chi connectivity index (χ3v) is 3.57. The minimum Gasteiger partial charge on any atom is -0.299 e. The summed E-state index contributed by atoms with van der Waals surface area (Å²) in [4.78, 5) is 2.64. The molecule has 0 aromatic heterocycles. The van der Waals surface area contributed by atoms with Crippen molar-refractivity contribution in [3.05, 3.63) is 0 Å². The first-order chi connectivity index (χ1) is 5.65. The van der Waals surface area contributed by atoms with Gasteiger partial charge >= 0.3 is 0 Å². The van der Waals surface area contributed by atoms with Gasteiger partial charge in [-0.2, -0.15) is 0 Å². The molecule has 1 fully saturated rings. The van der Waals surface area contributed by atoms with Crippen molar-refractivity contribution < 1.29 is 0 Å². The second-order valence-electron chi connectivity index (χ2n) is 4.24. The van der Waals surface area contributed by atoms with Crippen LogP contribution in [-0.2, 0) is 0 Å². The van der Waals surface area contributed by atoms with Gasteiger partial charge in [0.2, 0.25) is 0 Å². The number of hydrogen-bond donors (Lipinski definition) is 0. The number of alkyl halides is 1. The summed E-state index contributed by atoms with van der Waals surface area (Å²) in [5.41, 5.74) is 0. The summed E-state index contributed by atoms with van der Waals surface area (Å²) in [6.07, 6.45) is 1.42. The predicted molar refractivity (Wildman–Crippen MR) is 62.9 cm³/mol. The standard InChI is InChI=1S/C10H20IN/c1-8-6-9(2)10(3)12(7-8)5-4-11/h8-10H,4-7H2,1-3H3. The molecular formula is C10H20IN. The van der Waals surface area contributed by atoms with E-state index in [1.54, 1.807) is 0 Å². The zero-order valence-electron chi connectivity index (χ0n) is 8.39. The molecule has 1 aliphatic rings. The predicted octanol–water partition coefficient (Wildman–Crippen LogP) is 2.79. The molecule has 3 unspecified atom stereocenters. The average molecular weight is 281 g/mol. The Balaban J connectivity index is 2.47. The van der Waals surface area contributed by atoms with E-state index in [1.807, 2.05) is 0 Å². The number of likely N-dealkylation sites (tertiary alicyclic amines) is 1. The summed E-state index contributed by atoms with van der Waals surface area (Å²) >= 11 is 2.47. The van der Waals surface area contributed by atoms with Crippen LogP contribution < -0.4 is 0 Å². The van der Waals surface area contributed by atoms with Gasteiger partial charge in [-0.1, -0.05) is 36.4 Å². The summed E-state index contributed by atoms with van der Waals surface area (Å²) in [7, 11) is 0. The topological polar surface area (TPSA) is 3.24 Å². The summed E-state index contributed by atoms with van der Waals surface area (Å²) in [5, 5.41) is 0. The molecule has 1 aliphatic heterocycles. The van der Waals surface area contributed by atoms with E-state index in [9.17, 15) is 0 Å². The van der Waals surface area contributed by atoms with Gasteiger partial charge in [-0.05, 0) is 25.2 Å². The molecule has 0 aromatic rings. The summed E-state index contributed by atoms with van der Waals surface area (Å²) in [5.74, 6) is 1.79. The molecule has 0 amide bonds. The molecule has 2 heteroatoms. The Morgan fingerprint density at radius 3 is 2.58 bits per heavy atom. The molecule has 0 aliphatic carbocycles. The summed E-state index contributed by atoms with van der Waals surface area (Å²) in [6.45, 7) is 9.73. The zero-order chi connectivity index (χ0) is 9.14. The van der Waals surface area contributed by atoms with Gasteiger partial charge in [0.05, 0.1) is 0 Å². The summed E-state index contributed by atoms with van der Waals surface area (Å²) < 4.78 is 1.27. The minimum atomic E-state index is 0.802. The van der Waals surface area contributed by atoms with E-state index >= 15 is 0 Å². The number of hydrogen-bond acceptors (Lipinski definition) is 1. The first-order valence-electron chi connectivity index (χ1n) is 4.95. The van der Waals surface area contributed by atoms with Crippen LogP contribution in [0, 0.1) is 11.8 Å². The van der Waals surface area contributed by atoms with Crippen LogP contribution in [0.15, 0.2) is 0 Å². The summed E-state index contributed by atoms with van der Waals surface area (Å²) in [6, 6.07) is 0.802. The monoisotopic (exact) mass is 281 g/mol. The van der Waals surface area contributed by atoms with Crippen LogP contribution in [0.3, 0.4) is 0 Å². The normalized spacial score (nSPS) is 38.5. The van der Waals surface area contributed by atoms with Gasteiger partial charge in [0.15, 0.2) is 0 Å². The first kappa shape index (κ1) is 10.8. The lowest BCUT2D eigenvalue weighted by Gasteiger charge is -2.40. The second-order valence-corrected chi connectivity index (χ2v) is 5.32. The van der Waals surface area contributed by atoms with E-state index in [2.05, 4.69) is 48.3 Å². The van der Waals surface area contributed by atoms with Gasteiger partial charge in [-0.25, -0.2) is 0 Å². The lowest BCUT2D eigenvalue weighted by atomic mass is 9.86. The van der Waals surface area contributed by atoms with E-state index < -0.39 is 0 Å². The van der Waals surface area contributed by atoms with Crippen molar-refractivity contribution in [3.8, 4) is 0 Å². The average Bonchev–Trinajstić information content (AvgIpc) is 2.00. The Bertz CT molecular complexity index is 138. The Morgan fingerprint density at radius 2 is 2.00 bits per heavy atom. The fraction of sp³-hybridized carbons (Fsp3) is 1.00. The van der Waals surface area contributed by atoms with Crippen LogP contribution in [0.4, 0.5) is 0 Å². The molecule has 0 radical (unpaired) electrons. The molecule has 12 heavy (non-hydrogen) atoms. The maximum atomic E-state index is 2.64. The minimum absolute atomic E-state index is 0.802. The second kappa shape index (κ2) is 4.80. The Kier molecular flexibility index (Phi) is 4.30. The number of halogens is 1.